The van der Waals surface area contributed by atoms with Gasteiger partial charge in [0.05, 0.1) is 24.4 Å². The number of esters is 1. The van der Waals surface area contributed by atoms with Crippen molar-refractivity contribution >= 4 is 39.9 Å². The molecule has 1 saturated heterocycles. The molecule has 1 fully saturated rings. The minimum absolute atomic E-state index is 0.0607. The maximum Gasteiger partial charge on any atom is 0.350 e. The number of aliphatic hydroxyl groups is 1. The number of ketones is 1. The van der Waals surface area contributed by atoms with E-state index in [1.165, 1.54) is 37.4 Å². The summed E-state index contributed by atoms with van der Waals surface area (Å²) in [5.41, 5.74) is 0.696. The molecule has 2 aliphatic rings. The van der Waals surface area contributed by atoms with Crippen molar-refractivity contribution in [1.82, 2.24) is 4.98 Å². The van der Waals surface area contributed by atoms with E-state index < -0.39 is 35.3 Å². The summed E-state index contributed by atoms with van der Waals surface area (Å²) < 4.78 is 29.6. The number of benzene rings is 2. The molecule has 0 aliphatic carbocycles. The first-order valence-electron chi connectivity index (χ1n) is 10.8. The average Bonchev–Trinajstić information content (AvgIpc) is 3.40. The van der Waals surface area contributed by atoms with Crippen LogP contribution in [0, 0.1) is 12.7 Å². The van der Waals surface area contributed by atoms with Gasteiger partial charge in [0.15, 0.2) is 16.6 Å². The van der Waals surface area contributed by atoms with Crippen LogP contribution in [0.15, 0.2) is 48.0 Å². The molecule has 11 heteroatoms. The normalized spacial score (nSPS) is 18.4. The number of rotatable bonds is 4. The minimum atomic E-state index is -1.13. The first-order valence-corrected chi connectivity index (χ1v) is 11.6. The predicted molar refractivity (Wildman–Crippen MR) is 127 cm³/mol. The largest absolute Gasteiger partial charge is 0.507 e. The number of ether oxygens (including phenoxy) is 3. The standard InChI is InChI=1S/C25H19FN2O7S/c1-12-22(24(32)33-2)36-25(27-12)28-19(13-3-6-15(26)7-4-13)18(21(30)23(28)31)20(29)14-5-8-16-17(11-14)35-10-9-34-16/h3-8,11,19,29H,9-10H2,1-2H3/t19-/m1/s1. The Balaban J connectivity index is 1.68. The van der Waals surface area contributed by atoms with Crippen molar-refractivity contribution in [1.29, 1.82) is 0 Å². The molecule has 0 unspecified atom stereocenters. The molecule has 3 aromatic rings. The van der Waals surface area contributed by atoms with Crippen molar-refractivity contribution in [3.63, 3.8) is 0 Å². The summed E-state index contributed by atoms with van der Waals surface area (Å²) in [7, 11) is 1.22. The van der Waals surface area contributed by atoms with Crippen LogP contribution in [0.5, 0.6) is 11.5 Å². The topological polar surface area (TPSA) is 115 Å². The number of hydrogen-bond donors (Lipinski definition) is 1. The van der Waals surface area contributed by atoms with E-state index in [0.29, 0.717) is 36.0 Å². The Morgan fingerprint density at radius 1 is 1.14 bits per heavy atom. The van der Waals surface area contributed by atoms with Crippen LogP contribution in [0.4, 0.5) is 9.52 Å². The van der Waals surface area contributed by atoms with E-state index in [4.69, 9.17) is 14.2 Å². The van der Waals surface area contributed by atoms with Gasteiger partial charge in [0.1, 0.15) is 29.7 Å². The highest BCUT2D eigenvalue weighted by Crippen LogP contribution is 2.44. The summed E-state index contributed by atoms with van der Waals surface area (Å²) >= 11 is 0.877. The lowest BCUT2D eigenvalue weighted by Gasteiger charge is -2.23. The number of halogens is 1. The maximum atomic E-state index is 13.7. The Hall–Kier alpha value is -4.25. The summed E-state index contributed by atoms with van der Waals surface area (Å²) in [6.07, 6.45) is 0. The van der Waals surface area contributed by atoms with Gasteiger partial charge < -0.3 is 19.3 Å². The van der Waals surface area contributed by atoms with Crippen LogP contribution >= 0.6 is 11.3 Å². The third-order valence-electron chi connectivity index (χ3n) is 5.81. The van der Waals surface area contributed by atoms with Crippen molar-refractivity contribution in [2.24, 2.45) is 0 Å². The minimum Gasteiger partial charge on any atom is -0.507 e. The number of aromatic nitrogens is 1. The maximum absolute atomic E-state index is 13.7. The van der Waals surface area contributed by atoms with Gasteiger partial charge in [-0.1, -0.05) is 23.5 Å². The quantitative estimate of drug-likeness (QED) is 0.244. The van der Waals surface area contributed by atoms with Crippen molar-refractivity contribution < 1.29 is 38.1 Å². The van der Waals surface area contributed by atoms with Gasteiger partial charge in [0, 0.05) is 5.56 Å². The molecular weight excluding hydrogens is 491 g/mol. The summed E-state index contributed by atoms with van der Waals surface area (Å²) in [6.45, 7) is 2.28. The van der Waals surface area contributed by atoms with Crippen LogP contribution in [-0.4, -0.2) is 48.1 Å². The summed E-state index contributed by atoms with van der Waals surface area (Å²) in [5, 5.41) is 11.3. The first-order chi connectivity index (χ1) is 17.3. The molecule has 0 radical (unpaired) electrons. The van der Waals surface area contributed by atoms with Gasteiger partial charge in [-0.25, -0.2) is 14.2 Å². The summed E-state index contributed by atoms with van der Waals surface area (Å²) in [6, 6.07) is 8.73. The fourth-order valence-electron chi connectivity index (χ4n) is 4.10. The Bertz CT molecular complexity index is 1430. The fraction of sp³-hybridized carbons (Fsp3) is 0.200. The second-order valence-corrected chi connectivity index (χ2v) is 8.96. The monoisotopic (exact) mass is 510 g/mol. The van der Waals surface area contributed by atoms with E-state index in [-0.39, 0.29) is 21.1 Å². The highest BCUT2D eigenvalue weighted by atomic mass is 32.1. The van der Waals surface area contributed by atoms with Crippen molar-refractivity contribution in [2.75, 3.05) is 25.2 Å². The molecule has 36 heavy (non-hydrogen) atoms. The lowest BCUT2D eigenvalue weighted by molar-refractivity contribution is -0.132. The van der Waals surface area contributed by atoms with Crippen LogP contribution in [0.3, 0.4) is 0 Å². The van der Waals surface area contributed by atoms with Crippen LogP contribution in [-0.2, 0) is 14.3 Å². The molecule has 5 rings (SSSR count). The number of hydrogen-bond acceptors (Lipinski definition) is 9. The molecule has 2 aromatic carbocycles. The van der Waals surface area contributed by atoms with E-state index in [2.05, 4.69) is 4.98 Å². The number of nitrogens with zero attached hydrogens (tertiary/aromatic N) is 2. The van der Waals surface area contributed by atoms with Crippen molar-refractivity contribution in [2.45, 2.75) is 13.0 Å². The predicted octanol–water partition coefficient (Wildman–Crippen LogP) is 3.77. The van der Waals surface area contributed by atoms with E-state index in [9.17, 15) is 23.9 Å². The van der Waals surface area contributed by atoms with Gasteiger partial charge in [-0.05, 0) is 42.8 Å². The van der Waals surface area contributed by atoms with Crippen LogP contribution in [0.25, 0.3) is 5.76 Å². The van der Waals surface area contributed by atoms with Gasteiger partial charge in [0.2, 0.25) is 0 Å². The molecule has 2 aliphatic heterocycles. The highest BCUT2D eigenvalue weighted by Gasteiger charge is 2.48. The molecule has 3 heterocycles. The average molecular weight is 510 g/mol. The molecule has 1 amide bonds. The molecule has 1 N–H and O–H groups in total. The third kappa shape index (κ3) is 3.87. The Morgan fingerprint density at radius 3 is 2.53 bits per heavy atom. The number of aliphatic hydroxyl groups excluding tert-OH is 1. The lowest BCUT2D eigenvalue weighted by Crippen LogP contribution is -2.29. The Labute approximate surface area is 208 Å². The molecule has 1 atom stereocenters. The molecular formula is C25H19FN2O7S. The number of fused-ring (bicyclic) bond motifs is 1. The van der Waals surface area contributed by atoms with E-state index in [1.807, 2.05) is 0 Å². The van der Waals surface area contributed by atoms with Gasteiger partial charge in [-0.3, -0.25) is 14.5 Å². The summed E-state index contributed by atoms with van der Waals surface area (Å²) in [4.78, 5) is 44.3. The SMILES string of the molecule is COC(=O)c1sc(N2C(=O)C(=O)C(=C(O)c3ccc4c(c3)OCCO4)[C@H]2c2ccc(F)cc2)nc1C. The second-order valence-electron chi connectivity index (χ2n) is 7.98. The van der Waals surface area contributed by atoms with Crippen LogP contribution < -0.4 is 14.4 Å². The first kappa shape index (κ1) is 23.5. The van der Waals surface area contributed by atoms with Gasteiger partial charge >= 0.3 is 11.9 Å². The van der Waals surface area contributed by atoms with E-state index in [1.54, 1.807) is 19.1 Å². The van der Waals surface area contributed by atoms with E-state index >= 15 is 0 Å². The zero-order valence-corrected chi connectivity index (χ0v) is 19.9. The smallest absolute Gasteiger partial charge is 0.350 e. The van der Waals surface area contributed by atoms with E-state index in [0.717, 1.165) is 16.2 Å². The van der Waals surface area contributed by atoms with Gasteiger partial charge in [-0.15, -0.1) is 0 Å². The number of carbonyl (C=O) groups is 3. The summed E-state index contributed by atoms with van der Waals surface area (Å²) in [5.74, 6) is -2.62. The molecule has 0 saturated carbocycles. The molecule has 184 valence electrons. The number of amides is 1. The molecule has 1 aromatic heterocycles. The number of methoxy groups -OCH3 is 1. The zero-order chi connectivity index (χ0) is 25.6. The molecule has 9 nitrogen and oxygen atoms in total. The second kappa shape index (κ2) is 9.08. The zero-order valence-electron chi connectivity index (χ0n) is 19.1. The molecule has 0 spiro atoms. The Kier molecular flexibility index (Phi) is 5.92. The lowest BCUT2D eigenvalue weighted by atomic mass is 9.95. The van der Waals surface area contributed by atoms with Crippen LogP contribution in [0.1, 0.15) is 32.5 Å². The van der Waals surface area contributed by atoms with Crippen molar-refractivity contribution in [3.05, 3.63) is 75.6 Å². The van der Waals surface area contributed by atoms with Crippen LogP contribution in [0.2, 0.25) is 0 Å². The molecule has 0 bridgehead atoms. The number of thiazole rings is 1. The number of anilines is 1. The number of Topliss-reactive ketones (excluding diaryl/α,β-unsaturated/α-hetero) is 1. The van der Waals surface area contributed by atoms with Gasteiger partial charge in [0.25, 0.3) is 5.78 Å². The fourth-order valence-corrected chi connectivity index (χ4v) is 5.12. The van der Waals surface area contributed by atoms with Gasteiger partial charge in [-0.2, -0.15) is 0 Å². The number of aryl methyl sites for hydroxylation is 1. The third-order valence-corrected chi connectivity index (χ3v) is 6.94. The number of carbonyl (C=O) groups excluding carboxylic acids is 3. The Morgan fingerprint density at radius 2 is 1.83 bits per heavy atom. The van der Waals surface area contributed by atoms with Crippen molar-refractivity contribution in [3.8, 4) is 11.5 Å². The highest BCUT2D eigenvalue weighted by molar-refractivity contribution is 7.17.